The van der Waals surface area contributed by atoms with Crippen molar-refractivity contribution in [1.29, 1.82) is 0 Å². The first-order valence-electron chi connectivity index (χ1n) is 11.7. The number of likely N-dealkylation sites (N-methyl/N-ethyl adjacent to an activating group) is 1. The van der Waals surface area contributed by atoms with Crippen molar-refractivity contribution in [1.82, 2.24) is 19.8 Å². The summed E-state index contributed by atoms with van der Waals surface area (Å²) in [6.07, 6.45) is 5.16. The Labute approximate surface area is 201 Å². The minimum absolute atomic E-state index is 0.0431. The van der Waals surface area contributed by atoms with E-state index in [-0.39, 0.29) is 30.6 Å². The number of hydrogen-bond acceptors (Lipinski definition) is 6. The number of rotatable bonds is 7. The second kappa shape index (κ2) is 10.8. The van der Waals surface area contributed by atoms with Gasteiger partial charge in [0.2, 0.25) is 5.88 Å². The molecule has 0 unspecified atom stereocenters. The Morgan fingerprint density at radius 3 is 2.62 bits per heavy atom. The van der Waals surface area contributed by atoms with Gasteiger partial charge < -0.3 is 14.7 Å². The van der Waals surface area contributed by atoms with Gasteiger partial charge in [-0.25, -0.2) is 4.98 Å². The van der Waals surface area contributed by atoms with E-state index in [0.29, 0.717) is 24.5 Å². The van der Waals surface area contributed by atoms with E-state index in [9.17, 15) is 9.90 Å². The fraction of sp³-hybridized carbons (Fsp3) is 0.370. The quantitative estimate of drug-likeness (QED) is 0.582. The van der Waals surface area contributed by atoms with Crippen LogP contribution in [-0.4, -0.2) is 69.7 Å². The molecule has 3 heterocycles. The van der Waals surface area contributed by atoms with E-state index < -0.39 is 0 Å². The van der Waals surface area contributed by atoms with Crippen molar-refractivity contribution in [3.8, 4) is 17.0 Å². The highest BCUT2D eigenvalue weighted by Crippen LogP contribution is 2.30. The van der Waals surface area contributed by atoms with E-state index in [2.05, 4.69) is 28.8 Å². The van der Waals surface area contributed by atoms with Crippen LogP contribution >= 0.6 is 0 Å². The molecule has 1 aliphatic heterocycles. The fourth-order valence-electron chi connectivity index (χ4n) is 4.28. The van der Waals surface area contributed by atoms with E-state index in [4.69, 9.17) is 4.74 Å². The molecular weight excluding hydrogens is 428 g/mol. The topological polar surface area (TPSA) is 78.8 Å². The highest BCUT2D eigenvalue weighted by Gasteiger charge is 2.34. The van der Waals surface area contributed by atoms with Gasteiger partial charge in [-0.05, 0) is 43.3 Å². The van der Waals surface area contributed by atoms with Crippen molar-refractivity contribution in [2.24, 2.45) is 5.92 Å². The standard InChI is InChI=1S/C27H32N4O3/c1-19-15-31(20(2)18-32)27(33)24-13-23(22-7-5-4-6-8-22)14-29-26(24)34-25(19)17-30(3)16-21-9-11-28-12-10-21/h4-14,19-20,25,32H,15-18H2,1-3H3/t19-,20+,25-/m0/s1. The third-order valence-electron chi connectivity index (χ3n) is 6.32. The number of carbonyl (C=O) groups is 1. The normalized spacial score (nSPS) is 19.2. The Kier molecular flexibility index (Phi) is 7.55. The van der Waals surface area contributed by atoms with Gasteiger partial charge in [0.25, 0.3) is 5.91 Å². The molecule has 0 radical (unpaired) electrons. The van der Waals surface area contributed by atoms with Gasteiger partial charge >= 0.3 is 0 Å². The van der Waals surface area contributed by atoms with E-state index in [1.807, 2.05) is 55.5 Å². The number of benzene rings is 1. The van der Waals surface area contributed by atoms with Gasteiger partial charge in [-0.1, -0.05) is 37.3 Å². The molecule has 4 rings (SSSR count). The zero-order valence-corrected chi connectivity index (χ0v) is 20.0. The molecule has 1 aromatic carbocycles. The summed E-state index contributed by atoms with van der Waals surface area (Å²) in [6.45, 7) is 5.76. The monoisotopic (exact) mass is 460 g/mol. The van der Waals surface area contributed by atoms with Crippen molar-refractivity contribution in [3.05, 3.63) is 78.2 Å². The molecule has 0 bridgehead atoms. The zero-order valence-electron chi connectivity index (χ0n) is 20.0. The van der Waals surface area contributed by atoms with Crippen LogP contribution in [0.2, 0.25) is 0 Å². The Morgan fingerprint density at radius 2 is 1.91 bits per heavy atom. The third kappa shape index (κ3) is 5.43. The molecule has 1 amide bonds. The van der Waals surface area contributed by atoms with Gasteiger partial charge in [0, 0.05) is 49.7 Å². The Morgan fingerprint density at radius 1 is 1.18 bits per heavy atom. The van der Waals surface area contributed by atoms with Crippen molar-refractivity contribution in [2.45, 2.75) is 32.5 Å². The largest absolute Gasteiger partial charge is 0.472 e. The molecule has 7 heteroatoms. The summed E-state index contributed by atoms with van der Waals surface area (Å²) in [5.41, 5.74) is 3.44. The van der Waals surface area contributed by atoms with Gasteiger partial charge in [-0.2, -0.15) is 0 Å². The Balaban J connectivity index is 1.65. The molecule has 0 saturated heterocycles. The van der Waals surface area contributed by atoms with Crippen LogP contribution in [0.1, 0.15) is 29.8 Å². The summed E-state index contributed by atoms with van der Waals surface area (Å²) in [5.74, 6) is 0.215. The summed E-state index contributed by atoms with van der Waals surface area (Å²) in [7, 11) is 2.06. The minimum Gasteiger partial charge on any atom is -0.472 e. The molecule has 34 heavy (non-hydrogen) atoms. The highest BCUT2D eigenvalue weighted by atomic mass is 16.5. The summed E-state index contributed by atoms with van der Waals surface area (Å²) in [6, 6.07) is 15.4. The molecule has 1 aliphatic rings. The first-order chi connectivity index (χ1) is 16.5. The molecule has 2 aromatic heterocycles. The smallest absolute Gasteiger partial charge is 0.259 e. The second-order valence-electron chi connectivity index (χ2n) is 9.12. The van der Waals surface area contributed by atoms with Gasteiger partial charge in [0.1, 0.15) is 11.7 Å². The number of pyridine rings is 2. The summed E-state index contributed by atoms with van der Waals surface area (Å²) >= 11 is 0. The van der Waals surface area contributed by atoms with Crippen LogP contribution in [0.3, 0.4) is 0 Å². The van der Waals surface area contributed by atoms with Crippen molar-refractivity contribution >= 4 is 5.91 Å². The van der Waals surface area contributed by atoms with Gasteiger partial charge in [0.05, 0.1) is 12.6 Å². The Hall–Kier alpha value is -3.29. The zero-order chi connectivity index (χ0) is 24.1. The van der Waals surface area contributed by atoms with E-state index in [1.165, 1.54) is 5.56 Å². The number of hydrogen-bond donors (Lipinski definition) is 1. The predicted molar refractivity (Wildman–Crippen MR) is 131 cm³/mol. The Bertz CT molecular complexity index is 1090. The lowest BCUT2D eigenvalue weighted by atomic mass is 9.99. The highest BCUT2D eigenvalue weighted by molar-refractivity contribution is 5.98. The van der Waals surface area contributed by atoms with Crippen LogP contribution in [0, 0.1) is 5.92 Å². The molecule has 0 saturated carbocycles. The SMILES string of the molecule is C[C@H](CO)N1C[C@H](C)[C@H](CN(C)Cc2ccncc2)Oc2ncc(-c3ccccc3)cc2C1=O. The van der Waals surface area contributed by atoms with Crippen LogP contribution < -0.4 is 4.74 Å². The number of amides is 1. The van der Waals surface area contributed by atoms with Crippen LogP contribution in [0.4, 0.5) is 0 Å². The van der Waals surface area contributed by atoms with Gasteiger partial charge in [-0.3, -0.25) is 14.7 Å². The maximum absolute atomic E-state index is 13.6. The van der Waals surface area contributed by atoms with Crippen molar-refractivity contribution in [3.63, 3.8) is 0 Å². The summed E-state index contributed by atoms with van der Waals surface area (Å²) in [5, 5.41) is 9.86. The molecule has 7 nitrogen and oxygen atoms in total. The lowest BCUT2D eigenvalue weighted by molar-refractivity contribution is 0.0325. The number of aromatic nitrogens is 2. The average molecular weight is 461 g/mol. The number of ether oxygens (including phenoxy) is 1. The molecule has 178 valence electrons. The van der Waals surface area contributed by atoms with Crippen molar-refractivity contribution in [2.75, 3.05) is 26.7 Å². The van der Waals surface area contributed by atoms with Gasteiger partial charge in [-0.15, -0.1) is 0 Å². The molecule has 0 aliphatic carbocycles. The lowest BCUT2D eigenvalue weighted by Crippen LogP contribution is -2.49. The molecule has 0 fully saturated rings. The van der Waals surface area contributed by atoms with Crippen LogP contribution in [-0.2, 0) is 6.54 Å². The number of carbonyl (C=O) groups excluding carboxylic acids is 1. The molecule has 1 N–H and O–H groups in total. The van der Waals surface area contributed by atoms with E-state index in [0.717, 1.165) is 17.7 Å². The average Bonchev–Trinajstić information content (AvgIpc) is 2.86. The van der Waals surface area contributed by atoms with E-state index >= 15 is 0 Å². The van der Waals surface area contributed by atoms with Crippen molar-refractivity contribution < 1.29 is 14.6 Å². The number of nitrogens with zero attached hydrogens (tertiary/aromatic N) is 4. The minimum atomic E-state index is -0.309. The summed E-state index contributed by atoms with van der Waals surface area (Å²) in [4.78, 5) is 26.2. The molecule has 3 atom stereocenters. The molecule has 0 spiro atoms. The van der Waals surface area contributed by atoms with E-state index in [1.54, 1.807) is 23.5 Å². The maximum atomic E-state index is 13.6. The molecular formula is C27H32N4O3. The first kappa shape index (κ1) is 23.9. The fourth-order valence-corrected chi connectivity index (χ4v) is 4.28. The first-order valence-corrected chi connectivity index (χ1v) is 11.7. The number of aliphatic hydroxyl groups is 1. The lowest BCUT2D eigenvalue weighted by Gasteiger charge is -2.37. The van der Waals surface area contributed by atoms with Crippen LogP contribution in [0.15, 0.2) is 67.1 Å². The van der Waals surface area contributed by atoms with Crippen LogP contribution in [0.25, 0.3) is 11.1 Å². The molecule has 3 aromatic rings. The number of aliphatic hydroxyl groups excluding tert-OH is 1. The second-order valence-corrected chi connectivity index (χ2v) is 9.12. The third-order valence-corrected chi connectivity index (χ3v) is 6.32. The number of fused-ring (bicyclic) bond motifs is 1. The van der Waals surface area contributed by atoms with Crippen LogP contribution in [0.5, 0.6) is 5.88 Å². The van der Waals surface area contributed by atoms with Gasteiger partial charge in [0.15, 0.2) is 0 Å². The predicted octanol–water partition coefficient (Wildman–Crippen LogP) is 3.50. The summed E-state index contributed by atoms with van der Waals surface area (Å²) < 4.78 is 6.41. The maximum Gasteiger partial charge on any atom is 0.259 e.